The van der Waals surface area contributed by atoms with Crippen LogP contribution in [0.3, 0.4) is 0 Å². The van der Waals surface area contributed by atoms with E-state index in [9.17, 15) is 9.18 Å². The standard InChI is InChI=1S/C15H19FN2O/c1-11(8-9-17(3)4)13-6-7-14(16)15(10-13)18(5)12(2)19/h6-10H,1H2,2-5H3/b9-8+. The fraction of sp³-hybridized carbons (Fsp3) is 0.267. The van der Waals surface area contributed by atoms with Crippen molar-refractivity contribution in [1.29, 1.82) is 0 Å². The zero-order valence-corrected chi connectivity index (χ0v) is 11.8. The first-order chi connectivity index (χ1) is 8.82. The van der Waals surface area contributed by atoms with Crippen molar-refractivity contribution in [3.63, 3.8) is 0 Å². The van der Waals surface area contributed by atoms with Crippen molar-refractivity contribution in [2.75, 3.05) is 26.0 Å². The summed E-state index contributed by atoms with van der Waals surface area (Å²) in [7, 11) is 5.36. The molecule has 0 aliphatic rings. The maximum atomic E-state index is 13.7. The minimum atomic E-state index is -0.425. The SMILES string of the molecule is C=C(/C=C/N(C)C)c1ccc(F)c(N(C)C(C)=O)c1. The van der Waals surface area contributed by atoms with Gasteiger partial charge in [-0.3, -0.25) is 4.79 Å². The van der Waals surface area contributed by atoms with Crippen LogP contribution in [0.15, 0.2) is 37.1 Å². The Labute approximate surface area is 113 Å². The number of hydrogen-bond acceptors (Lipinski definition) is 2. The van der Waals surface area contributed by atoms with Crippen molar-refractivity contribution >= 4 is 17.2 Å². The molecule has 0 saturated heterocycles. The molecule has 4 heteroatoms. The second-order valence-corrected chi connectivity index (χ2v) is 4.55. The lowest BCUT2D eigenvalue weighted by atomic mass is 10.1. The van der Waals surface area contributed by atoms with Gasteiger partial charge in [0.1, 0.15) is 5.82 Å². The minimum absolute atomic E-state index is 0.217. The van der Waals surface area contributed by atoms with Crippen molar-refractivity contribution < 1.29 is 9.18 Å². The molecule has 0 heterocycles. The predicted octanol–water partition coefficient (Wildman–Crippen LogP) is 2.90. The molecule has 0 radical (unpaired) electrons. The Balaban J connectivity index is 3.09. The number of amides is 1. The molecule has 19 heavy (non-hydrogen) atoms. The zero-order chi connectivity index (χ0) is 14.6. The summed E-state index contributed by atoms with van der Waals surface area (Å²) in [4.78, 5) is 14.5. The summed E-state index contributed by atoms with van der Waals surface area (Å²) >= 11 is 0. The molecule has 0 N–H and O–H groups in total. The monoisotopic (exact) mass is 262 g/mol. The van der Waals surface area contributed by atoms with Crippen molar-refractivity contribution in [1.82, 2.24) is 4.90 Å². The van der Waals surface area contributed by atoms with Crippen LogP contribution < -0.4 is 4.90 Å². The molecule has 0 aliphatic carbocycles. The highest BCUT2D eigenvalue weighted by Crippen LogP contribution is 2.24. The van der Waals surface area contributed by atoms with Crippen LogP contribution >= 0.6 is 0 Å². The molecular formula is C15H19FN2O. The maximum absolute atomic E-state index is 13.7. The molecule has 0 unspecified atom stereocenters. The average molecular weight is 262 g/mol. The van der Waals surface area contributed by atoms with E-state index in [0.29, 0.717) is 0 Å². The van der Waals surface area contributed by atoms with Crippen LogP contribution in [0.1, 0.15) is 12.5 Å². The van der Waals surface area contributed by atoms with Crippen LogP contribution in [-0.4, -0.2) is 32.0 Å². The highest BCUT2D eigenvalue weighted by Gasteiger charge is 2.12. The lowest BCUT2D eigenvalue weighted by Gasteiger charge is -2.17. The number of benzene rings is 1. The van der Waals surface area contributed by atoms with Crippen molar-refractivity contribution in [3.8, 4) is 0 Å². The van der Waals surface area contributed by atoms with Gasteiger partial charge < -0.3 is 9.80 Å². The van der Waals surface area contributed by atoms with E-state index in [2.05, 4.69) is 6.58 Å². The van der Waals surface area contributed by atoms with E-state index in [1.807, 2.05) is 31.3 Å². The summed E-state index contributed by atoms with van der Waals surface area (Å²) in [5.41, 5.74) is 1.79. The first-order valence-electron chi connectivity index (χ1n) is 5.90. The Bertz CT molecular complexity index is 521. The third-order valence-electron chi connectivity index (χ3n) is 2.72. The Morgan fingerprint density at radius 3 is 2.47 bits per heavy atom. The largest absolute Gasteiger partial charge is 0.383 e. The van der Waals surface area contributed by atoms with Gasteiger partial charge in [0.2, 0.25) is 5.91 Å². The molecule has 0 saturated carbocycles. The highest BCUT2D eigenvalue weighted by atomic mass is 19.1. The second kappa shape index (κ2) is 6.18. The molecule has 0 fully saturated rings. The Hall–Kier alpha value is -2.10. The van der Waals surface area contributed by atoms with Gasteiger partial charge in [-0.15, -0.1) is 0 Å². The van der Waals surface area contributed by atoms with Crippen LogP contribution in [0.25, 0.3) is 5.57 Å². The smallest absolute Gasteiger partial charge is 0.223 e. The van der Waals surface area contributed by atoms with Crippen molar-refractivity contribution in [2.45, 2.75) is 6.92 Å². The average Bonchev–Trinajstić information content (AvgIpc) is 2.35. The fourth-order valence-corrected chi connectivity index (χ4v) is 1.47. The summed E-state index contributed by atoms with van der Waals surface area (Å²) in [5, 5.41) is 0. The summed E-state index contributed by atoms with van der Waals surface area (Å²) in [6.07, 6.45) is 3.70. The second-order valence-electron chi connectivity index (χ2n) is 4.55. The van der Waals surface area contributed by atoms with Crippen LogP contribution in [0.5, 0.6) is 0 Å². The molecule has 0 bridgehead atoms. The van der Waals surface area contributed by atoms with Crippen LogP contribution in [-0.2, 0) is 4.79 Å². The molecule has 0 aromatic heterocycles. The number of nitrogens with zero attached hydrogens (tertiary/aromatic N) is 2. The van der Waals surface area contributed by atoms with Gasteiger partial charge in [0.25, 0.3) is 0 Å². The van der Waals surface area contributed by atoms with Crippen molar-refractivity contribution in [3.05, 3.63) is 48.4 Å². The van der Waals surface area contributed by atoms with Crippen LogP contribution in [0.2, 0.25) is 0 Å². The van der Waals surface area contributed by atoms with Gasteiger partial charge in [-0.1, -0.05) is 12.6 Å². The molecule has 0 atom stereocenters. The Kier molecular flexibility index (Phi) is 4.87. The number of halogens is 1. The molecular weight excluding hydrogens is 243 g/mol. The highest BCUT2D eigenvalue weighted by molar-refractivity contribution is 5.91. The molecule has 0 spiro atoms. The fourth-order valence-electron chi connectivity index (χ4n) is 1.47. The van der Waals surface area contributed by atoms with Gasteiger partial charge in [0, 0.05) is 28.1 Å². The molecule has 1 aromatic carbocycles. The van der Waals surface area contributed by atoms with Gasteiger partial charge >= 0.3 is 0 Å². The third-order valence-corrected chi connectivity index (χ3v) is 2.72. The van der Waals surface area contributed by atoms with E-state index in [4.69, 9.17) is 0 Å². The summed E-state index contributed by atoms with van der Waals surface area (Å²) in [5.74, 6) is -0.642. The van der Waals surface area contributed by atoms with Gasteiger partial charge in [0.05, 0.1) is 5.69 Å². The molecule has 0 aliphatic heterocycles. The number of rotatable bonds is 4. The first kappa shape index (κ1) is 15.0. The normalized spacial score (nSPS) is 10.6. The number of carbonyl (C=O) groups is 1. The number of hydrogen-bond donors (Lipinski definition) is 0. The lowest BCUT2D eigenvalue weighted by Crippen LogP contribution is -2.23. The van der Waals surface area contributed by atoms with E-state index in [0.717, 1.165) is 11.1 Å². The summed E-state index contributed by atoms with van der Waals surface area (Å²) in [6.45, 7) is 5.33. The number of anilines is 1. The summed E-state index contributed by atoms with van der Waals surface area (Å²) < 4.78 is 13.7. The van der Waals surface area contributed by atoms with E-state index in [1.165, 1.54) is 17.9 Å². The lowest BCUT2D eigenvalue weighted by molar-refractivity contribution is -0.116. The topological polar surface area (TPSA) is 23.6 Å². The van der Waals surface area contributed by atoms with Crippen LogP contribution in [0, 0.1) is 5.82 Å². The van der Waals surface area contributed by atoms with E-state index < -0.39 is 5.82 Å². The quantitative estimate of drug-likeness (QED) is 0.779. The van der Waals surface area contributed by atoms with E-state index >= 15 is 0 Å². The molecule has 1 aromatic rings. The molecule has 1 rings (SSSR count). The molecule has 102 valence electrons. The van der Waals surface area contributed by atoms with E-state index in [1.54, 1.807) is 19.2 Å². The van der Waals surface area contributed by atoms with Crippen molar-refractivity contribution in [2.24, 2.45) is 0 Å². The van der Waals surface area contributed by atoms with E-state index in [-0.39, 0.29) is 11.6 Å². The Morgan fingerprint density at radius 2 is 1.95 bits per heavy atom. The third kappa shape index (κ3) is 3.95. The van der Waals surface area contributed by atoms with Gasteiger partial charge in [-0.2, -0.15) is 0 Å². The zero-order valence-electron chi connectivity index (χ0n) is 11.8. The Morgan fingerprint density at radius 1 is 1.32 bits per heavy atom. The molecule has 1 amide bonds. The first-order valence-corrected chi connectivity index (χ1v) is 5.90. The van der Waals surface area contributed by atoms with Crippen LogP contribution in [0.4, 0.5) is 10.1 Å². The van der Waals surface area contributed by atoms with Gasteiger partial charge in [-0.05, 0) is 35.5 Å². The molecule has 3 nitrogen and oxygen atoms in total. The van der Waals surface area contributed by atoms with Gasteiger partial charge in [-0.25, -0.2) is 4.39 Å². The number of allylic oxidation sites excluding steroid dienone is 2. The maximum Gasteiger partial charge on any atom is 0.223 e. The predicted molar refractivity (Wildman–Crippen MR) is 77.3 cm³/mol. The van der Waals surface area contributed by atoms with Gasteiger partial charge in [0.15, 0.2) is 0 Å². The minimum Gasteiger partial charge on any atom is -0.383 e. The number of carbonyl (C=O) groups excluding carboxylic acids is 1. The summed E-state index contributed by atoms with van der Waals surface area (Å²) in [6, 6.07) is 4.62.